The summed E-state index contributed by atoms with van der Waals surface area (Å²) in [4.78, 5) is 37.1. The Balaban J connectivity index is 1.79. The average Bonchev–Trinajstić information content (AvgIpc) is 2.84. The molecule has 1 amide bonds. The summed E-state index contributed by atoms with van der Waals surface area (Å²) in [6, 6.07) is 14.5. The summed E-state index contributed by atoms with van der Waals surface area (Å²) in [7, 11) is 3.04. The van der Waals surface area contributed by atoms with Crippen molar-refractivity contribution in [1.82, 2.24) is 5.32 Å². The highest BCUT2D eigenvalue weighted by atomic mass is 16.5. The molecule has 3 aromatic rings. The SMILES string of the molecule is COCCCNC(=O)c1cc2ccc(OC(=O)/C(C#N)=C/c3ccccc3OC)cc2oc1=O. The smallest absolute Gasteiger partial charge is 0.354 e. The van der Waals surface area contributed by atoms with Gasteiger partial charge in [0.05, 0.1) is 7.11 Å². The standard InChI is InChI=1S/C25H22N2O7/c1-31-11-5-10-27-23(28)20-13-17-8-9-19(14-22(17)34-25(20)30)33-24(29)18(15-26)12-16-6-3-4-7-21(16)32-2/h3-4,6-9,12-14H,5,10-11H2,1-2H3,(H,27,28)/b18-12+. The van der Waals surface area contributed by atoms with Crippen LogP contribution in [0.3, 0.4) is 0 Å². The predicted molar refractivity (Wildman–Crippen MR) is 124 cm³/mol. The number of hydrogen-bond donors (Lipinski definition) is 1. The van der Waals surface area contributed by atoms with Gasteiger partial charge in [-0.3, -0.25) is 4.79 Å². The molecule has 0 aliphatic carbocycles. The highest BCUT2D eigenvalue weighted by Gasteiger charge is 2.16. The second-order valence-corrected chi connectivity index (χ2v) is 7.05. The van der Waals surface area contributed by atoms with Crippen molar-refractivity contribution >= 4 is 28.9 Å². The number of benzene rings is 2. The number of para-hydroxylation sites is 1. The van der Waals surface area contributed by atoms with Crippen molar-refractivity contribution in [2.75, 3.05) is 27.4 Å². The van der Waals surface area contributed by atoms with Crippen molar-refractivity contribution in [1.29, 1.82) is 5.26 Å². The topological polar surface area (TPSA) is 128 Å². The van der Waals surface area contributed by atoms with E-state index in [2.05, 4.69) is 5.32 Å². The molecule has 0 radical (unpaired) electrons. The number of hydrogen-bond acceptors (Lipinski definition) is 8. The fourth-order valence-electron chi connectivity index (χ4n) is 3.07. The number of carbonyl (C=O) groups excluding carboxylic acids is 2. The van der Waals surface area contributed by atoms with Gasteiger partial charge in [-0.15, -0.1) is 0 Å². The Hall–Kier alpha value is -4.42. The first-order valence-electron chi connectivity index (χ1n) is 10.3. The van der Waals surface area contributed by atoms with Gasteiger partial charge in [0.25, 0.3) is 5.91 Å². The largest absolute Gasteiger partial charge is 0.496 e. The molecule has 0 saturated carbocycles. The van der Waals surface area contributed by atoms with Gasteiger partial charge in [-0.05, 0) is 36.8 Å². The van der Waals surface area contributed by atoms with Crippen LogP contribution in [0.5, 0.6) is 11.5 Å². The molecule has 2 aromatic carbocycles. The average molecular weight is 462 g/mol. The minimum absolute atomic E-state index is 0.0681. The zero-order valence-corrected chi connectivity index (χ0v) is 18.6. The molecule has 0 spiro atoms. The van der Waals surface area contributed by atoms with Crippen molar-refractivity contribution in [3.8, 4) is 17.6 Å². The molecule has 0 saturated heterocycles. The Kier molecular flexibility index (Phi) is 8.16. The molecule has 1 heterocycles. The monoisotopic (exact) mass is 462 g/mol. The molecule has 0 bridgehead atoms. The summed E-state index contributed by atoms with van der Waals surface area (Å²) in [6.07, 6.45) is 1.96. The third kappa shape index (κ3) is 5.88. The highest BCUT2D eigenvalue weighted by Crippen LogP contribution is 2.23. The minimum atomic E-state index is -0.887. The van der Waals surface area contributed by atoms with Gasteiger partial charge in [-0.2, -0.15) is 5.26 Å². The van der Waals surface area contributed by atoms with Crippen molar-refractivity contribution in [3.05, 3.63) is 75.7 Å². The number of amides is 1. The van der Waals surface area contributed by atoms with Crippen LogP contribution >= 0.6 is 0 Å². The second-order valence-electron chi connectivity index (χ2n) is 7.05. The third-order valence-electron chi connectivity index (χ3n) is 4.75. The van der Waals surface area contributed by atoms with E-state index in [0.29, 0.717) is 36.3 Å². The summed E-state index contributed by atoms with van der Waals surface area (Å²) >= 11 is 0. The van der Waals surface area contributed by atoms with Crippen LogP contribution < -0.4 is 20.4 Å². The number of nitrogens with one attached hydrogen (secondary N) is 1. The van der Waals surface area contributed by atoms with E-state index in [-0.39, 0.29) is 22.5 Å². The Morgan fingerprint density at radius 3 is 2.68 bits per heavy atom. The van der Waals surface area contributed by atoms with Gasteiger partial charge in [0.1, 0.15) is 34.3 Å². The lowest BCUT2D eigenvalue weighted by atomic mass is 10.1. The molecular formula is C25H22N2O7. The van der Waals surface area contributed by atoms with Crippen LogP contribution in [-0.2, 0) is 9.53 Å². The lowest BCUT2D eigenvalue weighted by molar-refractivity contribution is -0.129. The van der Waals surface area contributed by atoms with Crippen molar-refractivity contribution in [2.24, 2.45) is 0 Å². The van der Waals surface area contributed by atoms with Crippen LogP contribution in [-0.4, -0.2) is 39.2 Å². The van der Waals surface area contributed by atoms with E-state index in [1.807, 2.05) is 6.07 Å². The number of rotatable bonds is 9. The fourth-order valence-corrected chi connectivity index (χ4v) is 3.07. The molecule has 174 valence electrons. The van der Waals surface area contributed by atoms with E-state index in [4.69, 9.17) is 18.6 Å². The molecule has 0 aliphatic heterocycles. The van der Waals surface area contributed by atoms with E-state index in [1.165, 1.54) is 31.4 Å². The first-order chi connectivity index (χ1) is 16.5. The van der Waals surface area contributed by atoms with E-state index in [9.17, 15) is 19.6 Å². The van der Waals surface area contributed by atoms with Gasteiger partial charge >= 0.3 is 11.6 Å². The molecule has 9 nitrogen and oxygen atoms in total. The van der Waals surface area contributed by atoms with Crippen LogP contribution in [0.2, 0.25) is 0 Å². The molecule has 0 aliphatic rings. The lowest BCUT2D eigenvalue weighted by Gasteiger charge is -2.07. The minimum Gasteiger partial charge on any atom is -0.496 e. The second kappa shape index (κ2) is 11.4. The van der Waals surface area contributed by atoms with E-state index in [1.54, 1.807) is 37.4 Å². The molecule has 0 unspecified atom stereocenters. The summed E-state index contributed by atoms with van der Waals surface area (Å²) in [5.41, 5.74) is -0.545. The van der Waals surface area contributed by atoms with Crippen molar-refractivity contribution < 1.29 is 28.2 Å². The highest BCUT2D eigenvalue weighted by molar-refractivity contribution is 6.00. The summed E-state index contributed by atoms with van der Waals surface area (Å²) in [5.74, 6) is -0.878. The fraction of sp³-hybridized carbons (Fsp3) is 0.200. The normalized spacial score (nSPS) is 11.0. The van der Waals surface area contributed by atoms with Gasteiger partial charge in [-0.25, -0.2) is 9.59 Å². The first kappa shape index (κ1) is 24.2. The zero-order chi connectivity index (χ0) is 24.5. The summed E-state index contributed by atoms with van der Waals surface area (Å²) < 4.78 is 20.7. The Morgan fingerprint density at radius 1 is 1.15 bits per heavy atom. The molecule has 34 heavy (non-hydrogen) atoms. The van der Waals surface area contributed by atoms with Crippen LogP contribution in [0.25, 0.3) is 17.0 Å². The van der Waals surface area contributed by atoms with Crippen LogP contribution in [0.4, 0.5) is 0 Å². The number of methoxy groups -OCH3 is 2. The predicted octanol–water partition coefficient (Wildman–Crippen LogP) is 3.08. The molecular weight excluding hydrogens is 440 g/mol. The third-order valence-corrected chi connectivity index (χ3v) is 4.75. The van der Waals surface area contributed by atoms with Crippen molar-refractivity contribution in [3.63, 3.8) is 0 Å². The summed E-state index contributed by atoms with van der Waals surface area (Å²) in [6.45, 7) is 0.832. The van der Waals surface area contributed by atoms with Gasteiger partial charge in [-0.1, -0.05) is 18.2 Å². The molecule has 0 atom stereocenters. The lowest BCUT2D eigenvalue weighted by Crippen LogP contribution is -2.29. The maximum absolute atomic E-state index is 12.5. The number of nitrogens with zero attached hydrogens (tertiary/aromatic N) is 1. The van der Waals surface area contributed by atoms with Gasteiger partial charge < -0.3 is 23.9 Å². The van der Waals surface area contributed by atoms with Crippen LogP contribution in [0.15, 0.2) is 63.3 Å². The first-order valence-corrected chi connectivity index (χ1v) is 10.3. The Morgan fingerprint density at radius 2 is 1.94 bits per heavy atom. The van der Waals surface area contributed by atoms with Gasteiger partial charge in [0, 0.05) is 37.3 Å². The maximum Gasteiger partial charge on any atom is 0.354 e. The number of fused-ring (bicyclic) bond motifs is 1. The quantitative estimate of drug-likeness (QED) is 0.128. The van der Waals surface area contributed by atoms with Crippen LogP contribution in [0.1, 0.15) is 22.3 Å². The number of nitriles is 1. The molecule has 9 heteroatoms. The van der Waals surface area contributed by atoms with Crippen molar-refractivity contribution in [2.45, 2.75) is 6.42 Å². The van der Waals surface area contributed by atoms with E-state index < -0.39 is 17.5 Å². The van der Waals surface area contributed by atoms with E-state index >= 15 is 0 Å². The maximum atomic E-state index is 12.5. The number of carbonyl (C=O) groups is 2. The molecule has 0 fully saturated rings. The Labute approximate surface area is 195 Å². The molecule has 1 N–H and O–H groups in total. The Bertz CT molecular complexity index is 1340. The summed E-state index contributed by atoms with van der Waals surface area (Å²) in [5, 5.41) is 12.5. The van der Waals surface area contributed by atoms with Gasteiger partial charge in [0.15, 0.2) is 0 Å². The molecule has 1 aromatic heterocycles. The van der Waals surface area contributed by atoms with Crippen LogP contribution in [0, 0.1) is 11.3 Å². The molecule has 3 rings (SSSR count). The number of ether oxygens (including phenoxy) is 3. The van der Waals surface area contributed by atoms with E-state index in [0.717, 1.165) is 0 Å². The zero-order valence-electron chi connectivity index (χ0n) is 18.6. The van der Waals surface area contributed by atoms with Gasteiger partial charge in [0.2, 0.25) is 0 Å². The number of esters is 1.